The first-order valence-electron chi connectivity index (χ1n) is 5.62. The van der Waals surface area contributed by atoms with Crippen LogP contribution in [-0.4, -0.2) is 28.6 Å². The minimum atomic E-state index is -0.757. The topological polar surface area (TPSA) is 62.2 Å². The molecular weight excluding hydrogens is 224 g/mol. The van der Waals surface area contributed by atoms with Crippen molar-refractivity contribution >= 4 is 17.3 Å². The highest BCUT2D eigenvalue weighted by Crippen LogP contribution is 2.16. The van der Waals surface area contributed by atoms with Crippen LogP contribution >= 0.6 is 11.3 Å². The van der Waals surface area contributed by atoms with E-state index in [-0.39, 0.29) is 6.42 Å². The number of carboxylic acid groups (broad SMARTS) is 1. The van der Waals surface area contributed by atoms with Gasteiger partial charge in [-0.3, -0.25) is 4.79 Å². The van der Waals surface area contributed by atoms with Gasteiger partial charge in [0, 0.05) is 24.3 Å². The van der Waals surface area contributed by atoms with Crippen LogP contribution in [-0.2, 0) is 17.6 Å². The zero-order valence-corrected chi connectivity index (χ0v) is 9.92. The fourth-order valence-corrected chi connectivity index (χ4v) is 2.84. The Morgan fingerprint density at radius 3 is 3.25 bits per heavy atom. The molecule has 0 saturated carbocycles. The minimum absolute atomic E-state index is 0.171. The Hall–Kier alpha value is -0.940. The summed E-state index contributed by atoms with van der Waals surface area (Å²) in [5, 5.41) is 15.1. The molecule has 0 bridgehead atoms. The van der Waals surface area contributed by atoms with Gasteiger partial charge in [-0.05, 0) is 19.4 Å². The molecule has 88 valence electrons. The Morgan fingerprint density at radius 1 is 1.69 bits per heavy atom. The molecule has 1 atom stereocenters. The number of aryl methyl sites for hydroxylation is 1. The lowest BCUT2D eigenvalue weighted by Gasteiger charge is -2.06. The SMILES string of the molecule is O=C(O)CCc1csc(CC2CCCN2)n1. The second-order valence-corrected chi connectivity index (χ2v) is 5.07. The van der Waals surface area contributed by atoms with Crippen molar-refractivity contribution in [3.63, 3.8) is 0 Å². The first kappa shape index (κ1) is 11.5. The van der Waals surface area contributed by atoms with Crippen LogP contribution in [0, 0.1) is 0 Å². The number of hydrogen-bond donors (Lipinski definition) is 2. The Labute approximate surface area is 98.7 Å². The highest BCUT2D eigenvalue weighted by Gasteiger charge is 2.16. The van der Waals surface area contributed by atoms with E-state index in [2.05, 4.69) is 10.3 Å². The van der Waals surface area contributed by atoms with E-state index in [1.54, 1.807) is 11.3 Å². The highest BCUT2D eigenvalue weighted by atomic mass is 32.1. The summed E-state index contributed by atoms with van der Waals surface area (Å²) < 4.78 is 0. The van der Waals surface area contributed by atoms with E-state index >= 15 is 0 Å². The molecule has 0 radical (unpaired) electrons. The number of aromatic nitrogens is 1. The first-order valence-corrected chi connectivity index (χ1v) is 6.50. The number of hydrogen-bond acceptors (Lipinski definition) is 4. The van der Waals surface area contributed by atoms with Gasteiger partial charge in [-0.15, -0.1) is 11.3 Å². The summed E-state index contributed by atoms with van der Waals surface area (Å²) in [6.07, 6.45) is 4.18. The van der Waals surface area contributed by atoms with Gasteiger partial charge in [0.25, 0.3) is 0 Å². The van der Waals surface area contributed by atoms with Crippen LogP contribution in [0.15, 0.2) is 5.38 Å². The van der Waals surface area contributed by atoms with Gasteiger partial charge in [-0.1, -0.05) is 0 Å². The van der Waals surface area contributed by atoms with E-state index in [1.165, 1.54) is 12.8 Å². The Bertz CT molecular complexity index is 359. The molecule has 1 aliphatic heterocycles. The van der Waals surface area contributed by atoms with Crippen molar-refractivity contribution in [2.45, 2.75) is 38.1 Å². The Morgan fingerprint density at radius 2 is 2.56 bits per heavy atom. The molecule has 1 aliphatic rings. The largest absolute Gasteiger partial charge is 0.481 e. The smallest absolute Gasteiger partial charge is 0.303 e. The second kappa shape index (κ2) is 5.41. The van der Waals surface area contributed by atoms with E-state index in [0.717, 1.165) is 23.7 Å². The monoisotopic (exact) mass is 240 g/mol. The van der Waals surface area contributed by atoms with Crippen molar-refractivity contribution in [2.75, 3.05) is 6.54 Å². The van der Waals surface area contributed by atoms with Gasteiger partial charge in [0.15, 0.2) is 0 Å². The molecule has 0 spiro atoms. The summed E-state index contributed by atoms with van der Waals surface area (Å²) >= 11 is 1.64. The fourth-order valence-electron chi connectivity index (χ4n) is 1.93. The Balaban J connectivity index is 1.84. The molecule has 1 aromatic rings. The van der Waals surface area contributed by atoms with Crippen LogP contribution in [0.2, 0.25) is 0 Å². The van der Waals surface area contributed by atoms with Crippen LogP contribution in [0.5, 0.6) is 0 Å². The van der Waals surface area contributed by atoms with E-state index in [9.17, 15) is 4.79 Å². The first-order chi connectivity index (χ1) is 7.74. The molecule has 1 aromatic heterocycles. The van der Waals surface area contributed by atoms with Crippen molar-refractivity contribution in [3.05, 3.63) is 16.1 Å². The van der Waals surface area contributed by atoms with E-state index in [1.807, 2.05) is 5.38 Å². The third-order valence-corrected chi connectivity index (χ3v) is 3.70. The minimum Gasteiger partial charge on any atom is -0.481 e. The third kappa shape index (κ3) is 3.28. The maximum absolute atomic E-state index is 10.4. The molecule has 2 rings (SSSR count). The lowest BCUT2D eigenvalue weighted by Crippen LogP contribution is -2.23. The summed E-state index contributed by atoms with van der Waals surface area (Å²) in [5.74, 6) is -0.757. The van der Waals surface area contributed by atoms with E-state index in [4.69, 9.17) is 5.11 Å². The zero-order valence-electron chi connectivity index (χ0n) is 9.11. The van der Waals surface area contributed by atoms with Crippen LogP contribution in [0.3, 0.4) is 0 Å². The number of nitrogens with one attached hydrogen (secondary N) is 1. The number of nitrogens with zero attached hydrogens (tertiary/aromatic N) is 1. The van der Waals surface area contributed by atoms with Crippen LogP contribution in [0.1, 0.15) is 30.0 Å². The van der Waals surface area contributed by atoms with Gasteiger partial charge >= 0.3 is 5.97 Å². The summed E-state index contributed by atoms with van der Waals surface area (Å²) in [4.78, 5) is 14.9. The predicted octanol–water partition coefficient (Wildman–Crippen LogP) is 1.45. The maximum atomic E-state index is 10.4. The number of thiazole rings is 1. The highest BCUT2D eigenvalue weighted by molar-refractivity contribution is 7.09. The molecule has 1 unspecified atom stereocenters. The average Bonchev–Trinajstić information content (AvgIpc) is 2.87. The summed E-state index contributed by atoms with van der Waals surface area (Å²) in [6.45, 7) is 1.11. The van der Waals surface area contributed by atoms with Gasteiger partial charge < -0.3 is 10.4 Å². The Kier molecular flexibility index (Phi) is 3.90. The fraction of sp³-hybridized carbons (Fsp3) is 0.636. The molecule has 16 heavy (non-hydrogen) atoms. The number of carboxylic acids is 1. The van der Waals surface area contributed by atoms with Crippen molar-refractivity contribution in [1.29, 1.82) is 0 Å². The zero-order chi connectivity index (χ0) is 11.4. The second-order valence-electron chi connectivity index (χ2n) is 4.12. The van der Waals surface area contributed by atoms with Crippen molar-refractivity contribution in [2.24, 2.45) is 0 Å². The lowest BCUT2D eigenvalue weighted by molar-refractivity contribution is -0.136. The number of rotatable bonds is 5. The third-order valence-electron chi connectivity index (χ3n) is 2.78. The van der Waals surface area contributed by atoms with Crippen molar-refractivity contribution in [3.8, 4) is 0 Å². The van der Waals surface area contributed by atoms with Gasteiger partial charge in [-0.2, -0.15) is 0 Å². The summed E-state index contributed by atoms with van der Waals surface area (Å²) in [7, 11) is 0. The number of carbonyl (C=O) groups is 1. The lowest BCUT2D eigenvalue weighted by atomic mass is 10.2. The van der Waals surface area contributed by atoms with E-state index < -0.39 is 5.97 Å². The summed E-state index contributed by atoms with van der Waals surface area (Å²) in [5.41, 5.74) is 0.917. The molecule has 2 heterocycles. The molecule has 2 N–H and O–H groups in total. The van der Waals surface area contributed by atoms with Crippen molar-refractivity contribution < 1.29 is 9.90 Å². The predicted molar refractivity (Wildman–Crippen MR) is 62.8 cm³/mol. The van der Waals surface area contributed by atoms with E-state index in [0.29, 0.717) is 12.5 Å². The van der Waals surface area contributed by atoms with Crippen LogP contribution in [0.25, 0.3) is 0 Å². The molecule has 4 nitrogen and oxygen atoms in total. The van der Waals surface area contributed by atoms with Gasteiger partial charge in [0.1, 0.15) is 0 Å². The van der Waals surface area contributed by atoms with Gasteiger partial charge in [0.05, 0.1) is 17.1 Å². The maximum Gasteiger partial charge on any atom is 0.303 e. The standard InChI is InChI=1S/C11H16N2O2S/c14-11(15)4-3-9-7-16-10(13-9)6-8-2-1-5-12-8/h7-8,12H,1-6H2,(H,14,15). The molecular formula is C11H16N2O2S. The normalized spacial score (nSPS) is 20.1. The van der Waals surface area contributed by atoms with Crippen LogP contribution in [0.4, 0.5) is 0 Å². The number of aliphatic carboxylic acids is 1. The van der Waals surface area contributed by atoms with Crippen molar-refractivity contribution in [1.82, 2.24) is 10.3 Å². The molecule has 1 saturated heterocycles. The molecule has 0 aliphatic carbocycles. The molecule has 5 heteroatoms. The molecule has 0 amide bonds. The summed E-state index contributed by atoms with van der Waals surface area (Å²) in [6, 6.07) is 0.568. The molecule has 0 aromatic carbocycles. The molecule has 1 fully saturated rings. The van der Waals surface area contributed by atoms with Crippen LogP contribution < -0.4 is 5.32 Å². The van der Waals surface area contributed by atoms with Gasteiger partial charge in [0.2, 0.25) is 0 Å². The quantitative estimate of drug-likeness (QED) is 0.818. The van der Waals surface area contributed by atoms with Gasteiger partial charge in [-0.25, -0.2) is 4.98 Å². The average molecular weight is 240 g/mol.